The fraction of sp³-hybridized carbons (Fsp3) is 0.600. The Kier molecular flexibility index (Phi) is 3.65. The monoisotopic (exact) mass is 217 g/mol. The van der Waals surface area contributed by atoms with Crippen LogP contribution >= 0.6 is 0 Å². The first-order valence-corrected chi connectivity index (χ1v) is 6.56. The topological polar surface area (TPSA) is 12.0 Å². The van der Waals surface area contributed by atoms with Gasteiger partial charge >= 0.3 is 0 Å². The van der Waals surface area contributed by atoms with Gasteiger partial charge in [-0.3, -0.25) is 0 Å². The van der Waals surface area contributed by atoms with Crippen LogP contribution in [0.5, 0.6) is 0 Å². The Morgan fingerprint density at radius 1 is 1.25 bits per heavy atom. The first kappa shape index (κ1) is 11.7. The van der Waals surface area contributed by atoms with Gasteiger partial charge in [0.15, 0.2) is 0 Å². The quantitative estimate of drug-likeness (QED) is 0.814. The third-order valence-corrected chi connectivity index (χ3v) is 3.72. The molecule has 0 amide bonds. The van der Waals surface area contributed by atoms with E-state index in [0.29, 0.717) is 6.04 Å². The van der Waals surface area contributed by atoms with Crippen molar-refractivity contribution in [3.8, 4) is 0 Å². The molecule has 2 rings (SSSR count). The molecular formula is C15H23N. The van der Waals surface area contributed by atoms with E-state index in [2.05, 4.69) is 38.2 Å². The van der Waals surface area contributed by atoms with Gasteiger partial charge < -0.3 is 5.32 Å². The van der Waals surface area contributed by atoms with Gasteiger partial charge in [0, 0.05) is 6.04 Å². The fourth-order valence-electron chi connectivity index (χ4n) is 2.86. The summed E-state index contributed by atoms with van der Waals surface area (Å²) in [6.07, 6.45) is 5.12. The summed E-state index contributed by atoms with van der Waals surface area (Å²) in [4.78, 5) is 0. The van der Waals surface area contributed by atoms with Crippen molar-refractivity contribution in [2.45, 2.75) is 52.5 Å². The van der Waals surface area contributed by atoms with Crippen LogP contribution in [0.25, 0.3) is 0 Å². The first-order chi connectivity index (χ1) is 7.74. The number of aryl methyl sites for hydroxylation is 2. The zero-order chi connectivity index (χ0) is 11.5. The molecule has 1 aliphatic carbocycles. The van der Waals surface area contributed by atoms with Gasteiger partial charge in [0.25, 0.3) is 0 Å². The molecule has 88 valence electrons. The van der Waals surface area contributed by atoms with Crippen molar-refractivity contribution in [2.75, 3.05) is 6.54 Å². The number of hydrogen-bond donors (Lipinski definition) is 1. The zero-order valence-electron chi connectivity index (χ0n) is 10.8. The van der Waals surface area contributed by atoms with Crippen LogP contribution in [0.3, 0.4) is 0 Å². The second-order valence-electron chi connectivity index (χ2n) is 4.99. The van der Waals surface area contributed by atoms with Crippen molar-refractivity contribution in [3.05, 3.63) is 34.4 Å². The minimum absolute atomic E-state index is 0.601. The maximum atomic E-state index is 3.70. The molecule has 0 fully saturated rings. The summed E-state index contributed by atoms with van der Waals surface area (Å²) in [5, 5.41) is 3.70. The lowest BCUT2D eigenvalue weighted by atomic mass is 9.82. The summed E-state index contributed by atoms with van der Waals surface area (Å²) in [5.41, 5.74) is 6.15. The van der Waals surface area contributed by atoms with Gasteiger partial charge in [0.2, 0.25) is 0 Å². The minimum atomic E-state index is 0.601. The molecule has 0 saturated carbocycles. The molecule has 1 unspecified atom stereocenters. The summed E-state index contributed by atoms with van der Waals surface area (Å²) in [7, 11) is 0. The Hall–Kier alpha value is -0.820. The lowest BCUT2D eigenvalue weighted by Gasteiger charge is -2.29. The molecule has 0 spiro atoms. The summed E-state index contributed by atoms with van der Waals surface area (Å²) >= 11 is 0. The largest absolute Gasteiger partial charge is 0.310 e. The second-order valence-corrected chi connectivity index (χ2v) is 4.99. The molecule has 1 nitrogen and oxygen atoms in total. The molecule has 0 aliphatic heterocycles. The summed E-state index contributed by atoms with van der Waals surface area (Å²) < 4.78 is 0. The fourth-order valence-corrected chi connectivity index (χ4v) is 2.86. The molecule has 1 aliphatic rings. The van der Waals surface area contributed by atoms with E-state index in [1.807, 2.05) is 0 Å². The predicted molar refractivity (Wildman–Crippen MR) is 69.9 cm³/mol. The summed E-state index contributed by atoms with van der Waals surface area (Å²) in [5.74, 6) is 0. The highest BCUT2D eigenvalue weighted by atomic mass is 14.9. The highest BCUT2D eigenvalue weighted by Gasteiger charge is 2.22. The van der Waals surface area contributed by atoms with Crippen LogP contribution in [0.2, 0.25) is 0 Å². The van der Waals surface area contributed by atoms with Crippen molar-refractivity contribution in [2.24, 2.45) is 0 Å². The van der Waals surface area contributed by atoms with E-state index < -0.39 is 0 Å². The van der Waals surface area contributed by atoms with Gasteiger partial charge in [-0.2, -0.15) is 0 Å². The molecule has 0 saturated heterocycles. The average molecular weight is 217 g/mol. The van der Waals surface area contributed by atoms with Gasteiger partial charge in [-0.05, 0) is 68.3 Å². The van der Waals surface area contributed by atoms with E-state index in [-0.39, 0.29) is 0 Å². The Balaban J connectivity index is 2.33. The molecule has 16 heavy (non-hydrogen) atoms. The maximum absolute atomic E-state index is 3.70. The van der Waals surface area contributed by atoms with E-state index in [1.165, 1.54) is 36.8 Å². The van der Waals surface area contributed by atoms with E-state index in [0.717, 1.165) is 6.54 Å². The van der Waals surface area contributed by atoms with Crippen LogP contribution < -0.4 is 5.32 Å². The van der Waals surface area contributed by atoms with E-state index in [9.17, 15) is 0 Å². The Morgan fingerprint density at radius 2 is 2.00 bits per heavy atom. The maximum Gasteiger partial charge on any atom is 0.0325 e. The van der Waals surface area contributed by atoms with Crippen LogP contribution in [0.4, 0.5) is 0 Å². The van der Waals surface area contributed by atoms with Crippen LogP contribution in [-0.4, -0.2) is 6.54 Å². The lowest BCUT2D eigenvalue weighted by molar-refractivity contribution is 0.457. The summed E-state index contributed by atoms with van der Waals surface area (Å²) in [6, 6.07) is 5.15. The Morgan fingerprint density at radius 3 is 2.75 bits per heavy atom. The molecule has 1 aromatic carbocycles. The molecule has 0 aromatic heterocycles. The molecule has 0 heterocycles. The smallest absolute Gasteiger partial charge is 0.0325 e. The summed E-state index contributed by atoms with van der Waals surface area (Å²) in [6.45, 7) is 7.88. The molecule has 0 bridgehead atoms. The van der Waals surface area contributed by atoms with Gasteiger partial charge in [0.05, 0.1) is 0 Å². The molecule has 1 atom stereocenters. The number of nitrogens with one attached hydrogen (secondary N) is 1. The lowest BCUT2D eigenvalue weighted by Crippen LogP contribution is -2.27. The average Bonchev–Trinajstić information content (AvgIpc) is 2.31. The van der Waals surface area contributed by atoms with Crippen LogP contribution in [0.1, 0.15) is 54.5 Å². The highest BCUT2D eigenvalue weighted by molar-refractivity contribution is 5.43. The SMILES string of the molecule is CCCNC1CCCc2c(C)ccc(C)c21. The van der Waals surface area contributed by atoms with Crippen molar-refractivity contribution in [3.63, 3.8) is 0 Å². The second kappa shape index (κ2) is 5.01. The predicted octanol–water partition coefficient (Wildman–Crippen LogP) is 3.68. The molecule has 1 N–H and O–H groups in total. The molecular weight excluding hydrogens is 194 g/mol. The van der Waals surface area contributed by atoms with Gasteiger partial charge in [0.1, 0.15) is 0 Å². The van der Waals surface area contributed by atoms with Crippen LogP contribution in [-0.2, 0) is 6.42 Å². The third kappa shape index (κ3) is 2.15. The number of rotatable bonds is 3. The number of hydrogen-bond acceptors (Lipinski definition) is 1. The zero-order valence-corrected chi connectivity index (χ0v) is 10.8. The van der Waals surface area contributed by atoms with Gasteiger partial charge in [-0.25, -0.2) is 0 Å². The van der Waals surface area contributed by atoms with Gasteiger partial charge in [-0.15, -0.1) is 0 Å². The Bertz CT molecular complexity index is 368. The molecule has 1 aromatic rings. The standard InChI is InChI=1S/C15H23N/c1-4-10-16-14-7-5-6-13-11(2)8-9-12(3)15(13)14/h8-9,14,16H,4-7,10H2,1-3H3. The minimum Gasteiger partial charge on any atom is -0.310 e. The number of benzene rings is 1. The van der Waals surface area contributed by atoms with E-state index in [4.69, 9.17) is 0 Å². The highest BCUT2D eigenvalue weighted by Crippen LogP contribution is 2.33. The van der Waals surface area contributed by atoms with Crippen molar-refractivity contribution >= 4 is 0 Å². The normalized spacial score (nSPS) is 19.6. The molecule has 0 radical (unpaired) electrons. The van der Waals surface area contributed by atoms with E-state index >= 15 is 0 Å². The van der Waals surface area contributed by atoms with Crippen LogP contribution in [0.15, 0.2) is 12.1 Å². The first-order valence-electron chi connectivity index (χ1n) is 6.56. The van der Waals surface area contributed by atoms with E-state index in [1.54, 1.807) is 11.1 Å². The van der Waals surface area contributed by atoms with Crippen molar-refractivity contribution in [1.82, 2.24) is 5.32 Å². The van der Waals surface area contributed by atoms with Crippen LogP contribution in [0, 0.1) is 13.8 Å². The Labute approximate surface area is 99.3 Å². The van der Waals surface area contributed by atoms with Crippen molar-refractivity contribution in [1.29, 1.82) is 0 Å². The third-order valence-electron chi connectivity index (χ3n) is 3.72. The van der Waals surface area contributed by atoms with Crippen molar-refractivity contribution < 1.29 is 0 Å². The van der Waals surface area contributed by atoms with Gasteiger partial charge in [-0.1, -0.05) is 19.1 Å². The molecule has 1 heteroatoms. The number of fused-ring (bicyclic) bond motifs is 1.